The molecule has 5 heteroatoms. The zero-order valence-corrected chi connectivity index (χ0v) is 14.2. The predicted octanol–water partition coefficient (Wildman–Crippen LogP) is 2.78. The minimum Gasteiger partial charge on any atom is -0.376 e. The smallest absolute Gasteiger partial charge is 0.240 e. The van der Waals surface area contributed by atoms with Crippen molar-refractivity contribution in [3.63, 3.8) is 0 Å². The SMILES string of the molecule is CC(C)C(=O)c1cn(CC(=O)NC[C@H]2CCCO2)c2ccccc12. The first-order valence-electron chi connectivity index (χ1n) is 8.56. The molecule has 0 unspecified atom stereocenters. The first-order chi connectivity index (χ1) is 11.6. The van der Waals surface area contributed by atoms with Gasteiger partial charge >= 0.3 is 0 Å². The molecule has 0 radical (unpaired) electrons. The van der Waals surface area contributed by atoms with Crippen molar-refractivity contribution in [1.29, 1.82) is 0 Å². The van der Waals surface area contributed by atoms with E-state index in [1.165, 1.54) is 0 Å². The van der Waals surface area contributed by atoms with Gasteiger partial charge in [0.15, 0.2) is 5.78 Å². The number of fused-ring (bicyclic) bond motifs is 1. The highest BCUT2D eigenvalue weighted by Gasteiger charge is 2.19. The first-order valence-corrected chi connectivity index (χ1v) is 8.56. The van der Waals surface area contributed by atoms with Gasteiger partial charge in [-0.1, -0.05) is 32.0 Å². The summed E-state index contributed by atoms with van der Waals surface area (Å²) in [7, 11) is 0. The summed E-state index contributed by atoms with van der Waals surface area (Å²) in [6.45, 7) is 5.32. The van der Waals surface area contributed by atoms with Crippen LogP contribution in [-0.2, 0) is 16.1 Å². The molecule has 1 atom stereocenters. The number of nitrogens with zero attached hydrogens (tertiary/aromatic N) is 1. The largest absolute Gasteiger partial charge is 0.376 e. The Kier molecular flexibility index (Phi) is 5.00. The Morgan fingerprint density at radius 2 is 2.12 bits per heavy atom. The molecular weight excluding hydrogens is 304 g/mol. The number of ether oxygens (including phenoxy) is 1. The summed E-state index contributed by atoms with van der Waals surface area (Å²) >= 11 is 0. The Labute approximate surface area is 142 Å². The number of benzene rings is 1. The van der Waals surface area contributed by atoms with Crippen LogP contribution in [0, 0.1) is 5.92 Å². The Morgan fingerprint density at radius 3 is 2.83 bits per heavy atom. The minimum absolute atomic E-state index is 0.0604. The van der Waals surface area contributed by atoms with Crippen LogP contribution in [0.15, 0.2) is 30.5 Å². The summed E-state index contributed by atoms with van der Waals surface area (Å²) in [5, 5.41) is 3.84. The molecule has 1 amide bonds. The van der Waals surface area contributed by atoms with E-state index in [2.05, 4.69) is 5.32 Å². The lowest BCUT2D eigenvalue weighted by molar-refractivity contribution is -0.122. The van der Waals surface area contributed by atoms with Crippen LogP contribution in [0.2, 0.25) is 0 Å². The highest BCUT2D eigenvalue weighted by atomic mass is 16.5. The Balaban J connectivity index is 1.76. The number of rotatable bonds is 6. The highest BCUT2D eigenvalue weighted by molar-refractivity contribution is 6.09. The van der Waals surface area contributed by atoms with Gasteiger partial charge < -0.3 is 14.6 Å². The summed E-state index contributed by atoms with van der Waals surface area (Å²) in [5.41, 5.74) is 1.60. The fourth-order valence-electron chi connectivity index (χ4n) is 3.13. The van der Waals surface area contributed by atoms with Crippen molar-refractivity contribution in [2.45, 2.75) is 39.3 Å². The highest BCUT2D eigenvalue weighted by Crippen LogP contribution is 2.23. The van der Waals surface area contributed by atoms with Gasteiger partial charge in [0, 0.05) is 41.7 Å². The lowest BCUT2D eigenvalue weighted by Crippen LogP contribution is -2.34. The molecule has 1 N–H and O–H groups in total. The molecule has 2 aromatic rings. The third-order valence-electron chi connectivity index (χ3n) is 4.44. The average Bonchev–Trinajstić information content (AvgIpc) is 3.20. The van der Waals surface area contributed by atoms with Crippen molar-refractivity contribution < 1.29 is 14.3 Å². The standard InChI is InChI=1S/C19H24N2O3/c1-13(2)19(23)16-11-21(17-8-4-3-7-15(16)17)12-18(22)20-10-14-6-5-9-24-14/h3-4,7-8,11,13-14H,5-6,9-10,12H2,1-2H3,(H,20,22)/t14-/m1/s1. The maximum Gasteiger partial charge on any atom is 0.240 e. The number of hydrogen-bond donors (Lipinski definition) is 1. The maximum absolute atomic E-state index is 12.4. The van der Waals surface area contributed by atoms with E-state index in [1.54, 1.807) is 6.20 Å². The van der Waals surface area contributed by atoms with Gasteiger partial charge in [-0.05, 0) is 18.9 Å². The second-order valence-electron chi connectivity index (χ2n) is 6.65. The van der Waals surface area contributed by atoms with Crippen LogP contribution in [0.5, 0.6) is 0 Å². The molecule has 3 rings (SSSR count). The summed E-state index contributed by atoms with van der Waals surface area (Å²) in [4.78, 5) is 24.7. The molecule has 1 aromatic carbocycles. The number of hydrogen-bond acceptors (Lipinski definition) is 3. The summed E-state index contributed by atoms with van der Waals surface area (Å²) in [6, 6.07) is 7.72. The summed E-state index contributed by atoms with van der Waals surface area (Å²) in [6.07, 6.45) is 4.00. The van der Waals surface area contributed by atoms with Gasteiger partial charge in [-0.15, -0.1) is 0 Å². The van der Waals surface area contributed by atoms with Crippen LogP contribution >= 0.6 is 0 Å². The molecule has 1 aliphatic heterocycles. The predicted molar refractivity (Wildman–Crippen MR) is 93.1 cm³/mol. The second-order valence-corrected chi connectivity index (χ2v) is 6.65. The molecule has 128 valence electrons. The summed E-state index contributed by atoms with van der Waals surface area (Å²) < 4.78 is 7.38. The Morgan fingerprint density at radius 1 is 1.33 bits per heavy atom. The van der Waals surface area contributed by atoms with Crippen molar-refractivity contribution in [2.75, 3.05) is 13.2 Å². The fourth-order valence-corrected chi connectivity index (χ4v) is 3.13. The van der Waals surface area contributed by atoms with Crippen LogP contribution in [0.4, 0.5) is 0 Å². The van der Waals surface area contributed by atoms with E-state index in [-0.39, 0.29) is 30.3 Å². The van der Waals surface area contributed by atoms with Crippen LogP contribution in [0.25, 0.3) is 10.9 Å². The molecule has 0 aliphatic carbocycles. The number of carbonyl (C=O) groups is 2. The van der Waals surface area contributed by atoms with Crippen LogP contribution in [0.1, 0.15) is 37.0 Å². The molecule has 1 aliphatic rings. The zero-order valence-electron chi connectivity index (χ0n) is 14.2. The number of Topliss-reactive ketones (excluding diaryl/α,β-unsaturated/α-hetero) is 1. The lowest BCUT2D eigenvalue weighted by Gasteiger charge is -2.11. The molecule has 1 fully saturated rings. The summed E-state index contributed by atoms with van der Waals surface area (Å²) in [5.74, 6) is -0.0305. The van der Waals surface area contributed by atoms with Gasteiger partial charge in [0.05, 0.1) is 6.10 Å². The van der Waals surface area contributed by atoms with Crippen LogP contribution in [0.3, 0.4) is 0 Å². The third kappa shape index (κ3) is 3.51. The number of nitrogens with one attached hydrogen (secondary N) is 1. The lowest BCUT2D eigenvalue weighted by atomic mass is 10.0. The monoisotopic (exact) mass is 328 g/mol. The van der Waals surface area contributed by atoms with E-state index in [9.17, 15) is 9.59 Å². The van der Waals surface area contributed by atoms with Gasteiger partial charge in [0.2, 0.25) is 5.91 Å². The number of carbonyl (C=O) groups excluding carboxylic acids is 2. The number of amides is 1. The Hall–Kier alpha value is -2.14. The number of ketones is 1. The van der Waals surface area contributed by atoms with E-state index in [1.807, 2.05) is 42.7 Å². The molecule has 5 nitrogen and oxygen atoms in total. The van der Waals surface area contributed by atoms with Crippen molar-refractivity contribution >= 4 is 22.6 Å². The van der Waals surface area contributed by atoms with E-state index >= 15 is 0 Å². The molecule has 1 saturated heterocycles. The van der Waals surface area contributed by atoms with Crippen LogP contribution in [-0.4, -0.2) is 35.5 Å². The van der Waals surface area contributed by atoms with Gasteiger partial charge in [0.1, 0.15) is 6.54 Å². The molecule has 0 saturated carbocycles. The first kappa shape index (κ1) is 16.7. The average molecular weight is 328 g/mol. The van der Waals surface area contributed by atoms with Crippen molar-refractivity contribution in [3.05, 3.63) is 36.0 Å². The van der Waals surface area contributed by atoms with E-state index in [0.29, 0.717) is 12.1 Å². The molecular formula is C19H24N2O3. The quantitative estimate of drug-likeness (QED) is 0.830. The molecule has 2 heterocycles. The topological polar surface area (TPSA) is 60.3 Å². The van der Waals surface area contributed by atoms with E-state index in [4.69, 9.17) is 4.74 Å². The van der Waals surface area contributed by atoms with Crippen molar-refractivity contribution in [1.82, 2.24) is 9.88 Å². The van der Waals surface area contributed by atoms with E-state index in [0.717, 1.165) is 30.4 Å². The maximum atomic E-state index is 12.4. The van der Waals surface area contributed by atoms with Crippen LogP contribution < -0.4 is 5.32 Å². The fraction of sp³-hybridized carbons (Fsp3) is 0.474. The Bertz CT molecular complexity index is 742. The van der Waals surface area contributed by atoms with Gasteiger partial charge in [-0.25, -0.2) is 0 Å². The van der Waals surface area contributed by atoms with Crippen molar-refractivity contribution in [3.8, 4) is 0 Å². The zero-order chi connectivity index (χ0) is 17.1. The molecule has 0 spiro atoms. The van der Waals surface area contributed by atoms with Crippen molar-refractivity contribution in [2.24, 2.45) is 5.92 Å². The van der Waals surface area contributed by atoms with E-state index < -0.39 is 0 Å². The number of para-hydroxylation sites is 1. The van der Waals surface area contributed by atoms with Gasteiger partial charge in [-0.2, -0.15) is 0 Å². The van der Waals surface area contributed by atoms with Gasteiger partial charge in [0.25, 0.3) is 0 Å². The molecule has 0 bridgehead atoms. The molecule has 1 aromatic heterocycles. The van der Waals surface area contributed by atoms with Gasteiger partial charge in [-0.3, -0.25) is 9.59 Å². The minimum atomic E-state index is -0.0717. The molecule has 24 heavy (non-hydrogen) atoms. The normalized spacial score (nSPS) is 17.5. The second kappa shape index (κ2) is 7.18. The number of aromatic nitrogens is 1. The third-order valence-corrected chi connectivity index (χ3v) is 4.44.